The second kappa shape index (κ2) is 7.09. The number of benzene rings is 1. The number of methoxy groups -OCH3 is 2. The van der Waals surface area contributed by atoms with Gasteiger partial charge in [-0.25, -0.2) is 0 Å². The highest BCUT2D eigenvalue weighted by Crippen LogP contribution is 2.34. The topological polar surface area (TPSA) is 43.4 Å². The predicted molar refractivity (Wildman–Crippen MR) is 84.0 cm³/mol. The molecule has 1 aromatic heterocycles. The van der Waals surface area contributed by atoms with Crippen LogP contribution in [0.4, 0.5) is 0 Å². The number of ether oxygens (including phenoxy) is 2. The van der Waals surface area contributed by atoms with Crippen molar-refractivity contribution in [1.82, 2.24) is 10.3 Å². The average molecular weight is 286 g/mol. The first kappa shape index (κ1) is 15.3. The number of pyridine rings is 1. The Labute approximate surface area is 126 Å². The Hall–Kier alpha value is -2.07. The summed E-state index contributed by atoms with van der Waals surface area (Å²) in [6, 6.07) is 8.17. The third-order valence-corrected chi connectivity index (χ3v) is 3.51. The smallest absolute Gasteiger partial charge is 0.161 e. The lowest BCUT2D eigenvalue weighted by molar-refractivity contribution is 0.354. The van der Waals surface area contributed by atoms with Crippen LogP contribution in [0.1, 0.15) is 29.7 Å². The van der Waals surface area contributed by atoms with E-state index in [1.54, 1.807) is 20.4 Å². The van der Waals surface area contributed by atoms with Crippen LogP contribution in [-0.2, 0) is 0 Å². The fourth-order valence-corrected chi connectivity index (χ4v) is 2.47. The van der Waals surface area contributed by atoms with Crippen LogP contribution in [-0.4, -0.2) is 25.7 Å². The number of nitrogens with one attached hydrogen (secondary N) is 1. The standard InChI is InChI=1S/C17H22N2O2/c1-5-19-17(13-7-6-8-18-11-13)14-10-16(21-4)15(20-3)9-12(14)2/h6-11,17,19H,5H2,1-4H3. The summed E-state index contributed by atoms with van der Waals surface area (Å²) in [6.07, 6.45) is 3.68. The largest absolute Gasteiger partial charge is 0.493 e. The molecule has 1 atom stereocenters. The Bertz CT molecular complexity index is 585. The molecule has 0 saturated carbocycles. The number of aryl methyl sites for hydroxylation is 1. The van der Waals surface area contributed by atoms with Crippen molar-refractivity contribution in [2.75, 3.05) is 20.8 Å². The molecule has 0 saturated heterocycles. The van der Waals surface area contributed by atoms with E-state index in [1.807, 2.05) is 24.4 Å². The van der Waals surface area contributed by atoms with Crippen molar-refractivity contribution in [2.45, 2.75) is 19.9 Å². The zero-order valence-corrected chi connectivity index (χ0v) is 13.0. The van der Waals surface area contributed by atoms with Gasteiger partial charge in [0.15, 0.2) is 11.5 Å². The van der Waals surface area contributed by atoms with E-state index in [2.05, 4.69) is 30.2 Å². The van der Waals surface area contributed by atoms with Crippen molar-refractivity contribution in [3.63, 3.8) is 0 Å². The molecule has 0 amide bonds. The van der Waals surface area contributed by atoms with E-state index >= 15 is 0 Å². The van der Waals surface area contributed by atoms with Crippen LogP contribution in [0.3, 0.4) is 0 Å². The van der Waals surface area contributed by atoms with Crippen molar-refractivity contribution in [2.24, 2.45) is 0 Å². The molecule has 1 aromatic carbocycles. The van der Waals surface area contributed by atoms with Gasteiger partial charge in [0.25, 0.3) is 0 Å². The number of hydrogen-bond acceptors (Lipinski definition) is 4. The highest BCUT2D eigenvalue weighted by atomic mass is 16.5. The molecule has 0 radical (unpaired) electrons. The zero-order valence-electron chi connectivity index (χ0n) is 13.0. The number of nitrogens with zero attached hydrogens (tertiary/aromatic N) is 1. The fraction of sp³-hybridized carbons (Fsp3) is 0.353. The van der Waals surface area contributed by atoms with Crippen molar-refractivity contribution in [3.8, 4) is 11.5 Å². The van der Waals surface area contributed by atoms with Crippen molar-refractivity contribution in [3.05, 3.63) is 53.3 Å². The Morgan fingerprint density at radius 1 is 1.19 bits per heavy atom. The summed E-state index contributed by atoms with van der Waals surface area (Å²) >= 11 is 0. The maximum absolute atomic E-state index is 5.43. The Morgan fingerprint density at radius 2 is 1.90 bits per heavy atom. The molecular formula is C17H22N2O2. The fourth-order valence-electron chi connectivity index (χ4n) is 2.47. The maximum atomic E-state index is 5.43. The SMILES string of the molecule is CCNC(c1cccnc1)c1cc(OC)c(OC)cc1C. The minimum absolute atomic E-state index is 0.0866. The van der Waals surface area contributed by atoms with E-state index in [0.717, 1.165) is 29.2 Å². The van der Waals surface area contributed by atoms with E-state index in [-0.39, 0.29) is 6.04 Å². The van der Waals surface area contributed by atoms with Gasteiger partial charge in [-0.3, -0.25) is 4.98 Å². The molecule has 0 aliphatic rings. The zero-order chi connectivity index (χ0) is 15.2. The maximum Gasteiger partial charge on any atom is 0.161 e. The summed E-state index contributed by atoms with van der Waals surface area (Å²) in [5, 5.41) is 3.51. The van der Waals surface area contributed by atoms with E-state index in [1.165, 1.54) is 5.56 Å². The quantitative estimate of drug-likeness (QED) is 0.886. The van der Waals surface area contributed by atoms with Crippen LogP contribution in [0.25, 0.3) is 0 Å². The molecule has 112 valence electrons. The van der Waals surface area contributed by atoms with E-state index in [0.29, 0.717) is 0 Å². The third kappa shape index (κ3) is 3.34. The molecule has 4 heteroatoms. The van der Waals surface area contributed by atoms with E-state index < -0.39 is 0 Å². The molecule has 0 spiro atoms. The molecule has 0 fully saturated rings. The van der Waals surface area contributed by atoms with Gasteiger partial charge >= 0.3 is 0 Å². The lowest BCUT2D eigenvalue weighted by Crippen LogP contribution is -2.23. The summed E-state index contributed by atoms with van der Waals surface area (Å²) in [5.41, 5.74) is 3.46. The summed E-state index contributed by atoms with van der Waals surface area (Å²) < 4.78 is 10.8. The van der Waals surface area contributed by atoms with Crippen molar-refractivity contribution < 1.29 is 9.47 Å². The third-order valence-electron chi connectivity index (χ3n) is 3.51. The second-order valence-electron chi connectivity index (χ2n) is 4.84. The highest BCUT2D eigenvalue weighted by molar-refractivity contribution is 5.49. The van der Waals surface area contributed by atoms with Crippen molar-refractivity contribution >= 4 is 0 Å². The molecule has 1 N–H and O–H groups in total. The average Bonchev–Trinajstić information content (AvgIpc) is 2.53. The van der Waals surface area contributed by atoms with Crippen LogP contribution in [0.2, 0.25) is 0 Å². The molecule has 2 aromatic rings. The van der Waals surface area contributed by atoms with Gasteiger partial charge in [0, 0.05) is 12.4 Å². The normalized spacial score (nSPS) is 12.0. The molecule has 0 aliphatic heterocycles. The van der Waals surface area contributed by atoms with Gasteiger partial charge in [0.2, 0.25) is 0 Å². The van der Waals surface area contributed by atoms with E-state index in [4.69, 9.17) is 9.47 Å². The highest BCUT2D eigenvalue weighted by Gasteiger charge is 2.18. The van der Waals surface area contributed by atoms with Crippen LogP contribution in [0.15, 0.2) is 36.7 Å². The van der Waals surface area contributed by atoms with Crippen LogP contribution in [0, 0.1) is 6.92 Å². The Balaban J connectivity index is 2.50. The van der Waals surface area contributed by atoms with Gasteiger partial charge < -0.3 is 14.8 Å². The number of hydrogen-bond donors (Lipinski definition) is 1. The first-order valence-corrected chi connectivity index (χ1v) is 7.07. The molecule has 0 aliphatic carbocycles. The minimum atomic E-state index is 0.0866. The molecule has 1 heterocycles. The second-order valence-corrected chi connectivity index (χ2v) is 4.84. The predicted octanol–water partition coefficient (Wildman–Crippen LogP) is 3.11. The van der Waals surface area contributed by atoms with Gasteiger partial charge in [-0.2, -0.15) is 0 Å². The molecule has 0 bridgehead atoms. The van der Waals surface area contributed by atoms with Crippen molar-refractivity contribution in [1.29, 1.82) is 0 Å². The molecule has 2 rings (SSSR count). The van der Waals surface area contributed by atoms with Crippen LogP contribution in [0.5, 0.6) is 11.5 Å². The number of rotatable bonds is 6. The number of aromatic nitrogens is 1. The lowest BCUT2D eigenvalue weighted by atomic mass is 9.95. The van der Waals surface area contributed by atoms with Gasteiger partial charge in [0.1, 0.15) is 0 Å². The Morgan fingerprint density at radius 3 is 2.48 bits per heavy atom. The first-order valence-electron chi connectivity index (χ1n) is 7.07. The van der Waals surface area contributed by atoms with Crippen LogP contribution < -0.4 is 14.8 Å². The Kier molecular flexibility index (Phi) is 5.17. The monoisotopic (exact) mass is 286 g/mol. The summed E-state index contributed by atoms with van der Waals surface area (Å²) in [5.74, 6) is 1.49. The molecular weight excluding hydrogens is 264 g/mol. The molecule has 21 heavy (non-hydrogen) atoms. The van der Waals surface area contributed by atoms with Gasteiger partial charge in [-0.1, -0.05) is 13.0 Å². The summed E-state index contributed by atoms with van der Waals surface area (Å²) in [4.78, 5) is 4.22. The first-order chi connectivity index (χ1) is 10.2. The minimum Gasteiger partial charge on any atom is -0.493 e. The van der Waals surface area contributed by atoms with Gasteiger partial charge in [-0.15, -0.1) is 0 Å². The molecule has 4 nitrogen and oxygen atoms in total. The van der Waals surface area contributed by atoms with Gasteiger partial charge in [0.05, 0.1) is 20.3 Å². The van der Waals surface area contributed by atoms with Gasteiger partial charge in [-0.05, 0) is 48.4 Å². The summed E-state index contributed by atoms with van der Waals surface area (Å²) in [7, 11) is 3.31. The lowest BCUT2D eigenvalue weighted by Gasteiger charge is -2.22. The summed E-state index contributed by atoms with van der Waals surface area (Å²) in [6.45, 7) is 5.05. The van der Waals surface area contributed by atoms with Crippen LogP contribution >= 0.6 is 0 Å². The molecule has 1 unspecified atom stereocenters. The van der Waals surface area contributed by atoms with E-state index in [9.17, 15) is 0 Å².